The highest BCUT2D eigenvalue weighted by Gasteiger charge is 2.23. The lowest BCUT2D eigenvalue weighted by molar-refractivity contribution is 0.387. The number of aromatic nitrogens is 2. The van der Waals surface area contributed by atoms with Gasteiger partial charge in [-0.25, -0.2) is 9.97 Å². The third-order valence-electron chi connectivity index (χ3n) is 3.87. The van der Waals surface area contributed by atoms with Crippen molar-refractivity contribution in [2.75, 3.05) is 12.4 Å². The van der Waals surface area contributed by atoms with Gasteiger partial charge in [0.1, 0.15) is 0 Å². The highest BCUT2D eigenvalue weighted by molar-refractivity contribution is 5.77. The number of rotatable bonds is 3. The Morgan fingerprint density at radius 1 is 1.15 bits per heavy atom. The zero-order valence-electron chi connectivity index (χ0n) is 11.7. The summed E-state index contributed by atoms with van der Waals surface area (Å²) in [5.74, 6) is 1.22. The summed E-state index contributed by atoms with van der Waals surface area (Å²) in [6, 6.07) is 8.20. The number of fused-ring (bicyclic) bond motifs is 1. The van der Waals surface area contributed by atoms with Crippen molar-refractivity contribution < 1.29 is 4.74 Å². The fourth-order valence-corrected chi connectivity index (χ4v) is 2.73. The van der Waals surface area contributed by atoms with E-state index >= 15 is 0 Å². The Hall–Kier alpha value is -1.88. The van der Waals surface area contributed by atoms with Crippen LogP contribution in [0.2, 0.25) is 0 Å². The SMILES string of the molecule is COc1nc2ccccc2nc1NC1CCCCC1N. The molecule has 0 radical (unpaired) electrons. The molecule has 1 saturated carbocycles. The van der Waals surface area contributed by atoms with E-state index in [1.807, 2.05) is 24.3 Å². The number of para-hydroxylation sites is 2. The van der Waals surface area contributed by atoms with Crippen molar-refractivity contribution >= 4 is 16.9 Å². The molecule has 1 aliphatic rings. The Bertz CT molecular complexity index is 601. The summed E-state index contributed by atoms with van der Waals surface area (Å²) in [5.41, 5.74) is 7.88. The number of hydrogen-bond acceptors (Lipinski definition) is 5. The molecule has 0 spiro atoms. The third kappa shape index (κ3) is 2.54. The van der Waals surface area contributed by atoms with Gasteiger partial charge >= 0.3 is 0 Å². The molecule has 3 rings (SSSR count). The molecule has 2 atom stereocenters. The zero-order chi connectivity index (χ0) is 13.9. The topological polar surface area (TPSA) is 73.1 Å². The standard InChI is InChI=1S/C15H20N4O/c1-20-15-14(17-11-7-3-2-6-10(11)16)18-12-8-4-5-9-13(12)19-15/h4-5,8-11H,2-3,6-7,16H2,1H3,(H,17,18). The van der Waals surface area contributed by atoms with Crippen LogP contribution in [0.25, 0.3) is 11.0 Å². The summed E-state index contributed by atoms with van der Waals surface area (Å²) in [5, 5.41) is 3.42. The third-order valence-corrected chi connectivity index (χ3v) is 3.87. The first kappa shape index (κ1) is 13.1. The summed E-state index contributed by atoms with van der Waals surface area (Å²) in [7, 11) is 1.62. The minimum atomic E-state index is 0.168. The molecule has 1 aliphatic carbocycles. The lowest BCUT2D eigenvalue weighted by Crippen LogP contribution is -2.42. The van der Waals surface area contributed by atoms with Crippen LogP contribution >= 0.6 is 0 Å². The molecule has 1 fully saturated rings. The van der Waals surface area contributed by atoms with Gasteiger partial charge in [-0.05, 0) is 25.0 Å². The van der Waals surface area contributed by atoms with Crippen LogP contribution in [0.5, 0.6) is 5.88 Å². The van der Waals surface area contributed by atoms with Crippen LogP contribution in [-0.4, -0.2) is 29.2 Å². The maximum atomic E-state index is 6.18. The number of nitrogens with one attached hydrogen (secondary N) is 1. The summed E-state index contributed by atoms with van der Waals surface area (Å²) < 4.78 is 5.35. The first-order valence-electron chi connectivity index (χ1n) is 7.11. The Morgan fingerprint density at radius 2 is 1.85 bits per heavy atom. The molecule has 0 amide bonds. The van der Waals surface area contributed by atoms with E-state index in [0.717, 1.165) is 23.9 Å². The molecule has 0 aliphatic heterocycles. The predicted molar refractivity (Wildman–Crippen MR) is 79.9 cm³/mol. The molecule has 5 heteroatoms. The Kier molecular flexibility index (Phi) is 3.69. The van der Waals surface area contributed by atoms with Gasteiger partial charge in [0, 0.05) is 12.1 Å². The van der Waals surface area contributed by atoms with Crippen LogP contribution in [0.4, 0.5) is 5.82 Å². The normalized spacial score (nSPS) is 22.7. The number of methoxy groups -OCH3 is 1. The van der Waals surface area contributed by atoms with E-state index in [9.17, 15) is 0 Å². The van der Waals surface area contributed by atoms with E-state index in [2.05, 4.69) is 15.3 Å². The number of nitrogens with two attached hydrogens (primary N) is 1. The van der Waals surface area contributed by atoms with Crippen LogP contribution in [-0.2, 0) is 0 Å². The van der Waals surface area contributed by atoms with Gasteiger partial charge in [0.15, 0.2) is 5.82 Å². The van der Waals surface area contributed by atoms with Crippen molar-refractivity contribution in [3.63, 3.8) is 0 Å². The molecule has 1 aromatic heterocycles. The summed E-state index contributed by atoms with van der Waals surface area (Å²) in [6.45, 7) is 0. The Labute approximate surface area is 118 Å². The zero-order valence-corrected chi connectivity index (χ0v) is 11.7. The molecule has 3 N–H and O–H groups in total. The van der Waals surface area contributed by atoms with Crippen LogP contribution in [0.3, 0.4) is 0 Å². The van der Waals surface area contributed by atoms with E-state index in [4.69, 9.17) is 10.5 Å². The van der Waals surface area contributed by atoms with Crippen molar-refractivity contribution in [2.24, 2.45) is 5.73 Å². The molecule has 20 heavy (non-hydrogen) atoms. The molecule has 106 valence electrons. The van der Waals surface area contributed by atoms with Crippen molar-refractivity contribution in [2.45, 2.75) is 37.8 Å². The van der Waals surface area contributed by atoms with E-state index in [1.54, 1.807) is 7.11 Å². The molecular weight excluding hydrogens is 252 g/mol. The van der Waals surface area contributed by atoms with Crippen molar-refractivity contribution in [1.82, 2.24) is 9.97 Å². The summed E-state index contributed by atoms with van der Waals surface area (Å²) in [6.07, 6.45) is 4.54. The lowest BCUT2D eigenvalue weighted by atomic mass is 9.91. The quantitative estimate of drug-likeness (QED) is 0.897. The smallest absolute Gasteiger partial charge is 0.257 e. The summed E-state index contributed by atoms with van der Waals surface area (Å²) >= 11 is 0. The monoisotopic (exact) mass is 272 g/mol. The number of ether oxygens (including phenoxy) is 1. The first-order valence-corrected chi connectivity index (χ1v) is 7.11. The van der Waals surface area contributed by atoms with E-state index < -0.39 is 0 Å². The van der Waals surface area contributed by atoms with Gasteiger partial charge in [0.25, 0.3) is 5.88 Å². The molecule has 0 bridgehead atoms. The molecular formula is C15H20N4O. The van der Waals surface area contributed by atoms with E-state index in [1.165, 1.54) is 12.8 Å². The van der Waals surface area contributed by atoms with Gasteiger partial charge < -0.3 is 15.8 Å². The number of anilines is 1. The van der Waals surface area contributed by atoms with Crippen LogP contribution in [0, 0.1) is 0 Å². The van der Waals surface area contributed by atoms with Crippen molar-refractivity contribution in [3.8, 4) is 5.88 Å². The lowest BCUT2D eigenvalue weighted by Gasteiger charge is -2.30. The minimum Gasteiger partial charge on any atom is -0.478 e. The largest absolute Gasteiger partial charge is 0.478 e. The number of nitrogens with zero attached hydrogens (tertiary/aromatic N) is 2. The van der Waals surface area contributed by atoms with Gasteiger partial charge in [0.2, 0.25) is 0 Å². The Morgan fingerprint density at radius 3 is 2.55 bits per heavy atom. The fourth-order valence-electron chi connectivity index (χ4n) is 2.73. The highest BCUT2D eigenvalue weighted by atomic mass is 16.5. The maximum Gasteiger partial charge on any atom is 0.257 e. The Balaban J connectivity index is 1.92. The van der Waals surface area contributed by atoms with Gasteiger partial charge in [-0.15, -0.1) is 0 Å². The van der Waals surface area contributed by atoms with Crippen LogP contribution in [0.15, 0.2) is 24.3 Å². The van der Waals surface area contributed by atoms with Gasteiger partial charge in [-0.3, -0.25) is 0 Å². The molecule has 5 nitrogen and oxygen atoms in total. The predicted octanol–water partition coefficient (Wildman–Crippen LogP) is 2.32. The number of hydrogen-bond donors (Lipinski definition) is 2. The van der Waals surface area contributed by atoms with E-state index in [-0.39, 0.29) is 12.1 Å². The van der Waals surface area contributed by atoms with Gasteiger partial charge in [-0.2, -0.15) is 0 Å². The minimum absolute atomic E-state index is 0.168. The number of benzene rings is 1. The average molecular weight is 272 g/mol. The van der Waals surface area contributed by atoms with E-state index in [0.29, 0.717) is 11.7 Å². The highest BCUT2D eigenvalue weighted by Crippen LogP contribution is 2.27. The molecule has 1 aromatic carbocycles. The van der Waals surface area contributed by atoms with Crippen molar-refractivity contribution in [1.29, 1.82) is 0 Å². The second-order valence-electron chi connectivity index (χ2n) is 5.27. The van der Waals surface area contributed by atoms with Crippen LogP contribution in [0.1, 0.15) is 25.7 Å². The molecule has 0 saturated heterocycles. The second-order valence-corrected chi connectivity index (χ2v) is 5.27. The summed E-state index contributed by atoms with van der Waals surface area (Å²) in [4.78, 5) is 9.12. The van der Waals surface area contributed by atoms with Gasteiger partial charge in [0.05, 0.1) is 18.1 Å². The molecule has 1 heterocycles. The van der Waals surface area contributed by atoms with Crippen LogP contribution < -0.4 is 15.8 Å². The first-order chi connectivity index (χ1) is 9.78. The molecule has 2 unspecified atom stereocenters. The maximum absolute atomic E-state index is 6.18. The molecule has 2 aromatic rings. The second kappa shape index (κ2) is 5.63. The van der Waals surface area contributed by atoms with Gasteiger partial charge in [-0.1, -0.05) is 25.0 Å². The average Bonchev–Trinajstić information content (AvgIpc) is 2.49. The van der Waals surface area contributed by atoms with Crippen molar-refractivity contribution in [3.05, 3.63) is 24.3 Å². The fraction of sp³-hybridized carbons (Fsp3) is 0.467.